The second-order valence-electron chi connectivity index (χ2n) is 14.4. The van der Waals surface area contributed by atoms with Crippen molar-refractivity contribution in [3.63, 3.8) is 0 Å². The van der Waals surface area contributed by atoms with Gasteiger partial charge in [0.2, 0.25) is 0 Å². The first-order valence-electron chi connectivity index (χ1n) is 18.9. The van der Waals surface area contributed by atoms with E-state index in [1.807, 2.05) is 0 Å². The molecule has 0 bridgehead atoms. The average molecular weight is 702 g/mol. The number of nitrogens with zero attached hydrogens (tertiary/aromatic N) is 3. The Bertz CT molecular complexity index is 3090. The van der Waals surface area contributed by atoms with Gasteiger partial charge in [-0.2, -0.15) is 0 Å². The molecule has 0 saturated carbocycles. The van der Waals surface area contributed by atoms with E-state index in [9.17, 15) is 0 Å². The molecule has 1 aliphatic rings. The number of imidazole rings is 1. The number of rotatable bonds is 5. The highest BCUT2D eigenvalue weighted by atomic mass is 15.2. The van der Waals surface area contributed by atoms with Crippen LogP contribution < -0.4 is 4.90 Å². The van der Waals surface area contributed by atoms with Crippen molar-refractivity contribution in [1.29, 1.82) is 0 Å². The maximum absolute atomic E-state index is 4.98. The van der Waals surface area contributed by atoms with Gasteiger partial charge in [-0.05, 0) is 122 Å². The summed E-state index contributed by atoms with van der Waals surface area (Å²) >= 11 is 0. The zero-order valence-electron chi connectivity index (χ0n) is 30.3. The Kier molecular flexibility index (Phi) is 7.08. The van der Waals surface area contributed by atoms with Crippen LogP contribution in [0.1, 0.15) is 5.82 Å². The first-order chi connectivity index (χ1) is 27.2. The number of hydrogen-bond donors (Lipinski definition) is 0. The van der Waals surface area contributed by atoms with E-state index in [4.69, 9.17) is 4.98 Å². The molecule has 55 heavy (non-hydrogen) atoms. The summed E-state index contributed by atoms with van der Waals surface area (Å²) in [7, 11) is 0. The summed E-state index contributed by atoms with van der Waals surface area (Å²) in [5.74, 6) is 0.984. The molecule has 0 unspecified atom stereocenters. The number of anilines is 3. The van der Waals surface area contributed by atoms with Crippen LogP contribution in [0.5, 0.6) is 0 Å². The van der Waals surface area contributed by atoms with Gasteiger partial charge in [-0.15, -0.1) is 0 Å². The molecule has 258 valence electrons. The first-order valence-corrected chi connectivity index (χ1v) is 18.9. The summed E-state index contributed by atoms with van der Waals surface area (Å²) in [5.41, 5.74) is 16.3. The third kappa shape index (κ3) is 4.94. The highest BCUT2D eigenvalue weighted by Crippen LogP contribution is 2.49. The first kappa shape index (κ1) is 31.3. The van der Waals surface area contributed by atoms with Crippen LogP contribution in [0.2, 0.25) is 0 Å². The average Bonchev–Trinajstić information content (AvgIpc) is 3.60. The molecule has 10 aromatic rings. The van der Waals surface area contributed by atoms with E-state index in [1.165, 1.54) is 60.5 Å². The molecule has 0 fully saturated rings. The SMILES string of the molecule is Cc1nc2cccc3c2n1-c1ccc(-c2ccc4c(-c5ccccc5)c5ccccc5c(-c5cccc(-c6ccccc6)c5)c4c2)cc1N3c1ccccc1. The van der Waals surface area contributed by atoms with Crippen LogP contribution in [-0.4, -0.2) is 9.55 Å². The van der Waals surface area contributed by atoms with Crippen molar-refractivity contribution in [3.05, 3.63) is 200 Å². The quantitative estimate of drug-likeness (QED) is 0.167. The minimum absolute atomic E-state index is 0.984. The van der Waals surface area contributed by atoms with Crippen LogP contribution in [0.25, 0.3) is 82.8 Å². The van der Waals surface area contributed by atoms with Crippen LogP contribution >= 0.6 is 0 Å². The van der Waals surface area contributed by atoms with Crippen molar-refractivity contribution >= 4 is 49.6 Å². The van der Waals surface area contributed by atoms with Crippen LogP contribution in [0, 0.1) is 6.92 Å². The Hall–Kier alpha value is -7.23. The monoisotopic (exact) mass is 701 g/mol. The van der Waals surface area contributed by atoms with Gasteiger partial charge in [0.1, 0.15) is 5.82 Å². The van der Waals surface area contributed by atoms with Crippen molar-refractivity contribution in [1.82, 2.24) is 9.55 Å². The van der Waals surface area contributed by atoms with Gasteiger partial charge < -0.3 is 4.90 Å². The highest BCUT2D eigenvalue weighted by molar-refractivity contribution is 6.22. The molecule has 1 aromatic heterocycles. The van der Waals surface area contributed by atoms with Crippen molar-refractivity contribution in [2.24, 2.45) is 0 Å². The number of aromatic nitrogens is 2. The summed E-state index contributed by atoms with van der Waals surface area (Å²) in [6, 6.07) is 70.6. The van der Waals surface area contributed by atoms with Gasteiger partial charge >= 0.3 is 0 Å². The lowest BCUT2D eigenvalue weighted by atomic mass is 9.84. The third-order valence-electron chi connectivity index (χ3n) is 11.2. The minimum atomic E-state index is 0.984. The molecule has 0 N–H and O–H groups in total. The molecule has 3 heteroatoms. The fourth-order valence-corrected chi connectivity index (χ4v) is 8.83. The molecule has 0 spiro atoms. The Morgan fingerprint density at radius 1 is 0.364 bits per heavy atom. The maximum atomic E-state index is 4.98. The van der Waals surface area contributed by atoms with Gasteiger partial charge in [-0.25, -0.2) is 4.98 Å². The van der Waals surface area contributed by atoms with E-state index in [0.717, 1.165) is 45.2 Å². The summed E-state index contributed by atoms with van der Waals surface area (Å²) in [5, 5.41) is 4.97. The number of hydrogen-bond acceptors (Lipinski definition) is 2. The molecule has 0 aliphatic carbocycles. The second-order valence-corrected chi connectivity index (χ2v) is 14.4. The Morgan fingerprint density at radius 3 is 1.69 bits per heavy atom. The number of para-hydroxylation sites is 2. The number of aryl methyl sites for hydroxylation is 1. The fourth-order valence-electron chi connectivity index (χ4n) is 8.83. The zero-order valence-corrected chi connectivity index (χ0v) is 30.3. The van der Waals surface area contributed by atoms with Crippen molar-refractivity contribution in [3.8, 4) is 50.2 Å². The van der Waals surface area contributed by atoms with E-state index >= 15 is 0 Å². The van der Waals surface area contributed by atoms with E-state index < -0.39 is 0 Å². The standard InChI is InChI=1S/C52H35N3/c1-34-53-46-25-14-26-48-52(46)54(34)47-30-28-39(33-49(47)55(48)41-21-9-4-10-22-41)38-27-29-44-45(32-38)51(40-20-13-19-37(31-40)35-15-5-2-6-16-35)43-24-12-11-23-42(43)50(44)36-17-7-3-8-18-36/h2-33H,1H3. The summed E-state index contributed by atoms with van der Waals surface area (Å²) in [6.45, 7) is 2.10. The molecule has 0 saturated heterocycles. The predicted molar refractivity (Wildman–Crippen MR) is 231 cm³/mol. The molecular weight excluding hydrogens is 667 g/mol. The maximum Gasteiger partial charge on any atom is 0.111 e. The third-order valence-corrected chi connectivity index (χ3v) is 11.2. The lowest BCUT2D eigenvalue weighted by Crippen LogP contribution is -2.18. The van der Waals surface area contributed by atoms with E-state index in [1.54, 1.807) is 0 Å². The molecule has 3 nitrogen and oxygen atoms in total. The Morgan fingerprint density at radius 2 is 0.927 bits per heavy atom. The molecule has 0 radical (unpaired) electrons. The topological polar surface area (TPSA) is 21.1 Å². The van der Waals surface area contributed by atoms with Crippen LogP contribution in [0.3, 0.4) is 0 Å². The summed E-state index contributed by atoms with van der Waals surface area (Å²) < 4.78 is 2.32. The fraction of sp³-hybridized carbons (Fsp3) is 0.0192. The van der Waals surface area contributed by atoms with Crippen LogP contribution in [-0.2, 0) is 0 Å². The van der Waals surface area contributed by atoms with Crippen molar-refractivity contribution in [2.75, 3.05) is 4.90 Å². The lowest BCUT2D eigenvalue weighted by Gasteiger charge is -2.33. The molecule has 9 aromatic carbocycles. The Labute approximate surface area is 320 Å². The van der Waals surface area contributed by atoms with Gasteiger partial charge in [0.25, 0.3) is 0 Å². The predicted octanol–water partition coefficient (Wildman–Crippen LogP) is 14.1. The van der Waals surface area contributed by atoms with Crippen molar-refractivity contribution < 1.29 is 0 Å². The molecule has 0 amide bonds. The highest BCUT2D eigenvalue weighted by Gasteiger charge is 2.28. The number of fused-ring (bicyclic) bond motifs is 4. The molecular formula is C52H35N3. The smallest absolute Gasteiger partial charge is 0.111 e. The normalized spacial score (nSPS) is 12.1. The molecule has 0 atom stereocenters. The summed E-state index contributed by atoms with van der Waals surface area (Å²) in [6.07, 6.45) is 0. The van der Waals surface area contributed by atoms with E-state index in [0.29, 0.717) is 0 Å². The van der Waals surface area contributed by atoms with Crippen molar-refractivity contribution in [2.45, 2.75) is 6.92 Å². The second kappa shape index (κ2) is 12.4. The molecule has 2 heterocycles. The van der Waals surface area contributed by atoms with Gasteiger partial charge in [-0.1, -0.05) is 146 Å². The summed E-state index contributed by atoms with van der Waals surface area (Å²) in [4.78, 5) is 7.38. The van der Waals surface area contributed by atoms with Crippen LogP contribution in [0.4, 0.5) is 17.1 Å². The number of benzene rings is 9. The van der Waals surface area contributed by atoms with Crippen LogP contribution in [0.15, 0.2) is 194 Å². The van der Waals surface area contributed by atoms with E-state index in [-0.39, 0.29) is 0 Å². The van der Waals surface area contributed by atoms with Gasteiger partial charge in [0.15, 0.2) is 0 Å². The minimum Gasteiger partial charge on any atom is -0.306 e. The van der Waals surface area contributed by atoms with E-state index in [2.05, 4.69) is 211 Å². The molecule has 1 aliphatic heterocycles. The van der Waals surface area contributed by atoms with Gasteiger partial charge in [0.05, 0.1) is 28.1 Å². The zero-order chi connectivity index (χ0) is 36.5. The van der Waals surface area contributed by atoms with Gasteiger partial charge in [-0.3, -0.25) is 4.57 Å². The largest absolute Gasteiger partial charge is 0.306 e. The lowest BCUT2D eigenvalue weighted by molar-refractivity contribution is 0.982. The van der Waals surface area contributed by atoms with Gasteiger partial charge in [0, 0.05) is 5.69 Å². The Balaban J connectivity index is 1.18. The molecule has 11 rings (SSSR count).